The van der Waals surface area contributed by atoms with Gasteiger partial charge < -0.3 is 15.4 Å². The summed E-state index contributed by atoms with van der Waals surface area (Å²) < 4.78 is 0.280. The zero-order chi connectivity index (χ0) is 17.3. The third-order valence-corrected chi connectivity index (χ3v) is 4.19. The number of aliphatic hydroxyl groups is 1. The third kappa shape index (κ3) is 4.36. The van der Waals surface area contributed by atoms with Crippen molar-refractivity contribution in [1.29, 1.82) is 0 Å². The van der Waals surface area contributed by atoms with Crippen LogP contribution < -0.4 is 5.32 Å². The van der Waals surface area contributed by atoms with Gasteiger partial charge in [-0.25, -0.2) is 4.98 Å². The number of aryl methyl sites for hydroxylation is 1. The number of nitrogens with zero attached hydrogens (tertiary/aromatic N) is 1. The van der Waals surface area contributed by atoms with Gasteiger partial charge in [-0.1, -0.05) is 46.8 Å². The maximum atomic E-state index is 12.4. The van der Waals surface area contributed by atoms with E-state index in [1.165, 1.54) is 0 Å². The highest BCUT2D eigenvalue weighted by atomic mass is 32.1. The van der Waals surface area contributed by atoms with Crippen molar-refractivity contribution in [1.82, 2.24) is 15.3 Å². The molecule has 0 aliphatic rings. The molecule has 124 valence electrons. The largest absolute Gasteiger partial charge is 0.388 e. The van der Waals surface area contributed by atoms with Gasteiger partial charge >= 0.3 is 0 Å². The minimum atomic E-state index is -0.965. The van der Waals surface area contributed by atoms with E-state index >= 15 is 0 Å². The Bertz CT molecular complexity index is 613. The fraction of sp³-hybridized carbons (Fsp3) is 0.688. The summed E-state index contributed by atoms with van der Waals surface area (Å²) in [4.78, 5) is 19.9. The molecule has 1 amide bonds. The van der Waals surface area contributed by atoms with Crippen molar-refractivity contribution in [2.45, 2.75) is 59.5 Å². The van der Waals surface area contributed by atoms with E-state index in [4.69, 9.17) is 12.2 Å². The van der Waals surface area contributed by atoms with E-state index in [1.54, 1.807) is 6.92 Å². The Morgan fingerprint density at radius 2 is 1.91 bits per heavy atom. The number of hydrogen-bond donors (Lipinski definition) is 3. The zero-order valence-corrected chi connectivity index (χ0v) is 15.3. The van der Waals surface area contributed by atoms with Crippen molar-refractivity contribution < 1.29 is 9.90 Å². The Kier molecular flexibility index (Phi) is 5.51. The zero-order valence-electron chi connectivity index (χ0n) is 14.5. The Labute approximate surface area is 137 Å². The van der Waals surface area contributed by atoms with Gasteiger partial charge in [0.15, 0.2) is 0 Å². The number of carbonyl (C=O) groups excluding carboxylic acids is 1. The second-order valence-corrected chi connectivity index (χ2v) is 7.72. The maximum Gasteiger partial charge on any atom is 0.256 e. The van der Waals surface area contributed by atoms with Gasteiger partial charge in [-0.05, 0) is 19.8 Å². The summed E-state index contributed by atoms with van der Waals surface area (Å²) >= 11 is 5.28. The molecule has 1 heterocycles. The lowest BCUT2D eigenvalue weighted by Crippen LogP contribution is -2.44. The molecule has 1 unspecified atom stereocenters. The fourth-order valence-corrected chi connectivity index (χ4v) is 2.10. The molecular weight excluding hydrogens is 298 g/mol. The second kappa shape index (κ2) is 6.46. The quantitative estimate of drug-likeness (QED) is 0.744. The molecule has 0 spiro atoms. The molecule has 0 saturated carbocycles. The van der Waals surface area contributed by atoms with Crippen LogP contribution in [0.1, 0.15) is 63.4 Å². The smallest absolute Gasteiger partial charge is 0.256 e. The standard InChI is InChI=1S/C16H27N3O2S/c1-9(2)16(7,21)8-17-12(20)11-10(3)18-14(15(4,5)6)19-13(11)22/h9,21H,8H2,1-7H3,(H,17,20)(H,18,19,22). The van der Waals surface area contributed by atoms with Crippen molar-refractivity contribution in [3.63, 3.8) is 0 Å². The van der Waals surface area contributed by atoms with E-state index in [0.717, 1.165) is 5.82 Å². The van der Waals surface area contributed by atoms with Crippen LogP contribution in [0.4, 0.5) is 0 Å². The highest BCUT2D eigenvalue weighted by Gasteiger charge is 2.27. The summed E-state index contributed by atoms with van der Waals surface area (Å²) in [5, 5.41) is 13.0. The predicted octanol–water partition coefficient (Wildman–Crippen LogP) is 2.88. The van der Waals surface area contributed by atoms with Crippen LogP contribution in [0.3, 0.4) is 0 Å². The van der Waals surface area contributed by atoms with E-state index in [2.05, 4.69) is 15.3 Å². The molecule has 0 aromatic carbocycles. The van der Waals surface area contributed by atoms with E-state index in [-0.39, 0.29) is 28.4 Å². The molecule has 1 aromatic rings. The predicted molar refractivity (Wildman–Crippen MR) is 90.7 cm³/mol. The Morgan fingerprint density at radius 3 is 2.32 bits per heavy atom. The van der Waals surface area contributed by atoms with Crippen LogP contribution in [0.2, 0.25) is 0 Å². The monoisotopic (exact) mass is 325 g/mol. The van der Waals surface area contributed by atoms with Crippen molar-refractivity contribution in [3.05, 3.63) is 21.7 Å². The summed E-state index contributed by atoms with van der Waals surface area (Å²) in [6.45, 7) is 13.6. The van der Waals surface area contributed by atoms with E-state index in [1.807, 2.05) is 41.5 Å². The van der Waals surface area contributed by atoms with E-state index in [9.17, 15) is 9.90 Å². The molecule has 1 aromatic heterocycles. The third-order valence-electron chi connectivity index (χ3n) is 3.90. The number of amides is 1. The molecule has 1 rings (SSSR count). The number of H-pyrrole nitrogens is 1. The number of rotatable bonds is 4. The van der Waals surface area contributed by atoms with Gasteiger partial charge in [-0.15, -0.1) is 0 Å². The van der Waals surface area contributed by atoms with Gasteiger partial charge in [0.1, 0.15) is 10.5 Å². The van der Waals surface area contributed by atoms with Gasteiger partial charge in [0.25, 0.3) is 5.91 Å². The number of carbonyl (C=O) groups is 1. The van der Waals surface area contributed by atoms with Crippen LogP contribution in [0, 0.1) is 17.5 Å². The first kappa shape index (κ1) is 18.8. The lowest BCUT2D eigenvalue weighted by atomic mass is 9.92. The molecule has 5 nitrogen and oxygen atoms in total. The van der Waals surface area contributed by atoms with Gasteiger partial charge in [0.05, 0.1) is 11.2 Å². The lowest BCUT2D eigenvalue weighted by molar-refractivity contribution is 0.0142. The van der Waals surface area contributed by atoms with Gasteiger partial charge in [0, 0.05) is 17.7 Å². The normalized spacial score (nSPS) is 14.8. The van der Waals surface area contributed by atoms with Gasteiger partial charge in [-0.2, -0.15) is 0 Å². The summed E-state index contributed by atoms with van der Waals surface area (Å²) in [5.74, 6) is 0.471. The molecule has 0 bridgehead atoms. The molecule has 0 radical (unpaired) electrons. The summed E-state index contributed by atoms with van der Waals surface area (Å²) in [7, 11) is 0. The average Bonchev–Trinajstić information content (AvgIpc) is 2.34. The van der Waals surface area contributed by atoms with E-state index < -0.39 is 5.60 Å². The molecular formula is C16H27N3O2S. The Morgan fingerprint density at radius 1 is 1.36 bits per heavy atom. The van der Waals surface area contributed by atoms with Gasteiger partial charge in [0.2, 0.25) is 0 Å². The number of hydrogen-bond acceptors (Lipinski definition) is 4. The first-order valence-electron chi connectivity index (χ1n) is 7.48. The summed E-state index contributed by atoms with van der Waals surface area (Å²) in [6.07, 6.45) is 0. The van der Waals surface area contributed by atoms with Crippen LogP contribution in [0.15, 0.2) is 0 Å². The van der Waals surface area contributed by atoms with Crippen LogP contribution in [-0.2, 0) is 5.41 Å². The van der Waals surface area contributed by atoms with Crippen molar-refractivity contribution in [3.8, 4) is 0 Å². The number of aromatic amines is 1. The highest BCUT2D eigenvalue weighted by molar-refractivity contribution is 7.71. The van der Waals surface area contributed by atoms with Crippen LogP contribution in [-0.4, -0.2) is 33.1 Å². The molecule has 3 N–H and O–H groups in total. The van der Waals surface area contributed by atoms with Crippen LogP contribution >= 0.6 is 12.2 Å². The summed E-state index contributed by atoms with van der Waals surface area (Å²) in [5.41, 5.74) is -0.0864. The van der Waals surface area contributed by atoms with Crippen molar-refractivity contribution >= 4 is 18.1 Å². The SMILES string of the molecule is Cc1[nH]c(C(C)(C)C)nc(=S)c1C(=O)NCC(C)(O)C(C)C. The molecule has 0 saturated heterocycles. The van der Waals surface area contributed by atoms with Gasteiger partial charge in [-0.3, -0.25) is 4.79 Å². The number of nitrogens with one attached hydrogen (secondary N) is 2. The summed E-state index contributed by atoms with van der Waals surface area (Å²) in [6, 6.07) is 0. The Balaban J connectivity index is 3.04. The molecule has 0 fully saturated rings. The maximum absolute atomic E-state index is 12.4. The molecule has 0 aliphatic carbocycles. The highest BCUT2D eigenvalue weighted by Crippen LogP contribution is 2.20. The van der Waals surface area contributed by atoms with Crippen LogP contribution in [0.5, 0.6) is 0 Å². The average molecular weight is 325 g/mol. The lowest BCUT2D eigenvalue weighted by Gasteiger charge is -2.28. The molecule has 6 heteroatoms. The first-order chi connectivity index (χ1) is 9.86. The molecule has 1 atom stereocenters. The van der Waals surface area contributed by atoms with Crippen LogP contribution in [0.25, 0.3) is 0 Å². The molecule has 22 heavy (non-hydrogen) atoms. The minimum absolute atomic E-state index is 0.0322. The first-order valence-corrected chi connectivity index (χ1v) is 7.89. The fourth-order valence-electron chi connectivity index (χ4n) is 1.76. The Hall–Kier alpha value is -1.27. The molecule has 0 aliphatic heterocycles. The van der Waals surface area contributed by atoms with Crippen molar-refractivity contribution in [2.24, 2.45) is 5.92 Å². The van der Waals surface area contributed by atoms with Crippen molar-refractivity contribution in [2.75, 3.05) is 6.54 Å². The minimum Gasteiger partial charge on any atom is -0.388 e. The topological polar surface area (TPSA) is 78.0 Å². The van der Waals surface area contributed by atoms with E-state index in [0.29, 0.717) is 11.3 Å². The number of aromatic nitrogens is 2. The second-order valence-electron chi connectivity index (χ2n) is 7.34.